The molecular weight excluding hydrogens is 386 g/mol. The first-order chi connectivity index (χ1) is 15.3. The van der Waals surface area contributed by atoms with Gasteiger partial charge in [-0.2, -0.15) is 0 Å². The number of H-pyrrole nitrogens is 1. The van der Waals surface area contributed by atoms with Gasteiger partial charge < -0.3 is 14.6 Å². The summed E-state index contributed by atoms with van der Waals surface area (Å²) in [6.07, 6.45) is 2.97. The maximum atomic E-state index is 5.25. The Kier molecular flexibility index (Phi) is 5.42. The molecule has 0 fully saturated rings. The number of rotatable bonds is 4. The molecule has 6 nitrogen and oxygen atoms in total. The van der Waals surface area contributed by atoms with Crippen LogP contribution in [0.5, 0.6) is 5.75 Å². The van der Waals surface area contributed by atoms with Crippen molar-refractivity contribution in [3.8, 4) is 17.6 Å². The number of ether oxygens (including phenoxy) is 1. The number of aromatic amines is 1. The molecule has 0 unspecified atom stereocenters. The summed E-state index contributed by atoms with van der Waals surface area (Å²) in [6, 6.07) is 16.2. The highest BCUT2D eigenvalue weighted by atomic mass is 16.5. The average Bonchev–Trinajstić information content (AvgIpc) is 3.22. The summed E-state index contributed by atoms with van der Waals surface area (Å²) < 4.78 is 5.25. The number of fused-ring (bicyclic) bond motifs is 1. The Morgan fingerprint density at radius 3 is 2.81 bits per heavy atom. The third kappa shape index (κ3) is 4.47. The van der Waals surface area contributed by atoms with Crippen LogP contribution in [0.3, 0.4) is 0 Å². The quantitative estimate of drug-likeness (QED) is 0.669. The number of nitrogens with zero attached hydrogens (tertiary/aromatic N) is 4. The largest absolute Gasteiger partial charge is 0.497 e. The molecule has 0 atom stereocenters. The highest BCUT2D eigenvalue weighted by molar-refractivity contribution is 5.75. The van der Waals surface area contributed by atoms with Crippen molar-refractivity contribution < 1.29 is 4.74 Å². The molecule has 0 amide bonds. The van der Waals surface area contributed by atoms with Crippen molar-refractivity contribution in [2.75, 3.05) is 33.3 Å². The Balaban J connectivity index is 1.18. The fourth-order valence-electron chi connectivity index (χ4n) is 4.06. The van der Waals surface area contributed by atoms with Gasteiger partial charge in [-0.25, -0.2) is 9.98 Å². The van der Waals surface area contributed by atoms with Crippen molar-refractivity contribution in [3.63, 3.8) is 0 Å². The lowest BCUT2D eigenvalue weighted by Gasteiger charge is -2.33. The fourth-order valence-corrected chi connectivity index (χ4v) is 4.06. The standard InChI is InChI=1S/C25H25N5O/c1-31-21-10-8-19(9-11-21)15-30-17-20-16-29(14-12-22(20)26-18-30)13-4-7-25-27-23-5-2-3-6-24(23)28-25/h2-3,5-6,8-11,18H,12-17H2,1H3,(H,27,28). The highest BCUT2D eigenvalue weighted by Gasteiger charge is 2.22. The van der Waals surface area contributed by atoms with Gasteiger partial charge in [-0.3, -0.25) is 4.90 Å². The normalized spacial score (nSPS) is 16.2. The lowest BCUT2D eigenvalue weighted by Crippen LogP contribution is -2.38. The summed E-state index contributed by atoms with van der Waals surface area (Å²) in [5.41, 5.74) is 5.87. The first-order valence-corrected chi connectivity index (χ1v) is 10.5. The van der Waals surface area contributed by atoms with Gasteiger partial charge in [0.25, 0.3) is 0 Å². The van der Waals surface area contributed by atoms with E-state index in [-0.39, 0.29) is 0 Å². The molecule has 2 aromatic carbocycles. The van der Waals surface area contributed by atoms with Gasteiger partial charge in [-0.15, -0.1) is 0 Å². The Labute approximate surface area is 182 Å². The van der Waals surface area contributed by atoms with Gasteiger partial charge in [0, 0.05) is 38.3 Å². The van der Waals surface area contributed by atoms with Gasteiger partial charge in [0.2, 0.25) is 0 Å². The maximum Gasteiger partial charge on any atom is 0.183 e. The third-order valence-electron chi connectivity index (χ3n) is 5.70. The highest BCUT2D eigenvalue weighted by Crippen LogP contribution is 2.23. The van der Waals surface area contributed by atoms with Crippen LogP contribution in [0.4, 0.5) is 0 Å². The smallest absolute Gasteiger partial charge is 0.183 e. The van der Waals surface area contributed by atoms with E-state index in [9.17, 15) is 0 Å². The zero-order valence-electron chi connectivity index (χ0n) is 17.6. The van der Waals surface area contributed by atoms with Gasteiger partial charge >= 0.3 is 0 Å². The molecule has 5 rings (SSSR count). The fraction of sp³-hybridized carbons (Fsp3) is 0.280. The van der Waals surface area contributed by atoms with Crippen LogP contribution in [-0.4, -0.2) is 59.4 Å². The van der Waals surface area contributed by atoms with Crippen molar-refractivity contribution in [2.45, 2.75) is 13.0 Å². The molecule has 3 heterocycles. The topological polar surface area (TPSA) is 56.8 Å². The van der Waals surface area contributed by atoms with E-state index >= 15 is 0 Å². The van der Waals surface area contributed by atoms with Gasteiger partial charge in [0.05, 0.1) is 31.0 Å². The van der Waals surface area contributed by atoms with Crippen molar-refractivity contribution in [1.29, 1.82) is 0 Å². The molecule has 6 heteroatoms. The number of hydrogen-bond donors (Lipinski definition) is 1. The number of aromatic nitrogens is 2. The summed E-state index contributed by atoms with van der Waals surface area (Å²) in [6.45, 7) is 4.40. The van der Waals surface area contributed by atoms with Crippen LogP contribution in [0.25, 0.3) is 11.0 Å². The Hall–Kier alpha value is -3.56. The van der Waals surface area contributed by atoms with E-state index in [0.717, 1.165) is 61.8 Å². The second-order valence-electron chi connectivity index (χ2n) is 7.91. The minimum absolute atomic E-state index is 0.728. The zero-order chi connectivity index (χ0) is 21.0. The number of para-hydroxylation sites is 2. The predicted molar refractivity (Wildman–Crippen MR) is 123 cm³/mol. The Morgan fingerprint density at radius 1 is 1.10 bits per heavy atom. The van der Waals surface area contributed by atoms with E-state index in [1.165, 1.54) is 16.8 Å². The van der Waals surface area contributed by atoms with Crippen molar-refractivity contribution in [1.82, 2.24) is 19.8 Å². The number of nitrogens with one attached hydrogen (secondary N) is 1. The second-order valence-corrected chi connectivity index (χ2v) is 7.91. The van der Waals surface area contributed by atoms with Crippen LogP contribution in [0.1, 0.15) is 17.8 Å². The molecule has 0 saturated carbocycles. The van der Waals surface area contributed by atoms with Crippen LogP contribution in [0.15, 0.2) is 64.8 Å². The molecule has 0 saturated heterocycles. The maximum absolute atomic E-state index is 5.25. The van der Waals surface area contributed by atoms with Crippen LogP contribution in [-0.2, 0) is 6.54 Å². The SMILES string of the molecule is COc1ccc(CN2C=NC3=C(C2)CN(CC#Cc2nc4ccccc4[nH]2)CC3)cc1. The average molecular weight is 412 g/mol. The number of benzene rings is 2. The van der Waals surface area contributed by atoms with Gasteiger partial charge in [-0.1, -0.05) is 30.2 Å². The van der Waals surface area contributed by atoms with Gasteiger partial charge in [0.1, 0.15) is 5.75 Å². The molecule has 31 heavy (non-hydrogen) atoms. The van der Waals surface area contributed by atoms with E-state index in [4.69, 9.17) is 9.73 Å². The predicted octanol–water partition coefficient (Wildman–Crippen LogP) is 3.43. The lowest BCUT2D eigenvalue weighted by molar-refractivity contribution is 0.300. The van der Waals surface area contributed by atoms with Gasteiger partial charge in [-0.05, 0) is 41.3 Å². The monoisotopic (exact) mass is 411 g/mol. The molecule has 0 radical (unpaired) electrons. The first-order valence-electron chi connectivity index (χ1n) is 10.5. The Bertz CT molecular complexity index is 1160. The van der Waals surface area contributed by atoms with E-state index in [1.807, 2.05) is 42.7 Å². The van der Waals surface area contributed by atoms with E-state index < -0.39 is 0 Å². The number of hydrogen-bond acceptors (Lipinski definition) is 5. The molecule has 3 aromatic rings. The molecule has 0 bridgehead atoms. The summed E-state index contributed by atoms with van der Waals surface area (Å²) in [5, 5.41) is 0. The van der Waals surface area contributed by atoms with Crippen molar-refractivity contribution in [3.05, 3.63) is 71.2 Å². The van der Waals surface area contributed by atoms with E-state index in [1.54, 1.807) is 7.11 Å². The molecule has 1 N–H and O–H groups in total. The number of aliphatic imine (C=N–C) groups is 1. The molecule has 156 valence electrons. The minimum atomic E-state index is 0.728. The molecule has 0 aliphatic carbocycles. The van der Waals surface area contributed by atoms with E-state index in [2.05, 4.69) is 43.7 Å². The Morgan fingerprint density at radius 2 is 1.97 bits per heavy atom. The summed E-state index contributed by atoms with van der Waals surface area (Å²) in [5.74, 6) is 8.07. The van der Waals surface area contributed by atoms with Crippen LogP contribution >= 0.6 is 0 Å². The first kappa shape index (κ1) is 19.4. The third-order valence-corrected chi connectivity index (χ3v) is 5.70. The lowest BCUT2D eigenvalue weighted by atomic mass is 10.0. The summed E-state index contributed by atoms with van der Waals surface area (Å²) >= 11 is 0. The molecule has 2 aliphatic rings. The summed E-state index contributed by atoms with van der Waals surface area (Å²) in [7, 11) is 1.69. The number of methoxy groups -OCH3 is 1. The second kappa shape index (κ2) is 8.66. The molecule has 0 spiro atoms. The number of imidazole rings is 1. The summed E-state index contributed by atoms with van der Waals surface area (Å²) in [4.78, 5) is 17.2. The molecule has 2 aliphatic heterocycles. The van der Waals surface area contributed by atoms with Crippen LogP contribution in [0, 0.1) is 11.8 Å². The van der Waals surface area contributed by atoms with E-state index in [0.29, 0.717) is 0 Å². The van der Waals surface area contributed by atoms with Gasteiger partial charge in [0.15, 0.2) is 5.82 Å². The van der Waals surface area contributed by atoms with Crippen LogP contribution in [0.2, 0.25) is 0 Å². The minimum Gasteiger partial charge on any atom is -0.497 e. The van der Waals surface area contributed by atoms with Crippen molar-refractivity contribution in [2.24, 2.45) is 4.99 Å². The van der Waals surface area contributed by atoms with Crippen molar-refractivity contribution >= 4 is 17.4 Å². The molecular formula is C25H25N5O. The zero-order valence-corrected chi connectivity index (χ0v) is 17.6. The molecule has 1 aromatic heterocycles. The van der Waals surface area contributed by atoms with Crippen LogP contribution < -0.4 is 4.74 Å².